The Morgan fingerprint density at radius 1 is 1.22 bits per heavy atom. The van der Waals surface area contributed by atoms with Crippen molar-refractivity contribution in [2.24, 2.45) is 0 Å². The zero-order chi connectivity index (χ0) is 27.1. The lowest BCUT2D eigenvalue weighted by Crippen LogP contribution is -2.46. The fourth-order valence-corrected chi connectivity index (χ4v) is 4.82. The number of hydrogen-bond donors (Lipinski definition) is 3. The predicted molar refractivity (Wildman–Crippen MR) is 132 cm³/mol. The highest BCUT2D eigenvalue weighted by Gasteiger charge is 2.38. The number of rotatable bonds is 6. The van der Waals surface area contributed by atoms with Crippen LogP contribution in [0.1, 0.15) is 80.2 Å². The highest BCUT2D eigenvalue weighted by Crippen LogP contribution is 2.42. The summed E-state index contributed by atoms with van der Waals surface area (Å²) in [6, 6.07) is 0.804. The third-order valence-corrected chi connectivity index (χ3v) is 6.73. The van der Waals surface area contributed by atoms with Crippen LogP contribution >= 0.6 is 11.3 Å². The molecule has 1 atom stereocenters. The fraction of sp³-hybridized carbons (Fsp3) is 0.583. The molecule has 0 saturated carbocycles. The molecule has 1 aliphatic heterocycles. The number of alkyl halides is 3. The normalized spacial score (nSPS) is 16.8. The lowest BCUT2D eigenvalue weighted by molar-refractivity contribution is -0.137. The van der Waals surface area contributed by atoms with E-state index in [9.17, 15) is 27.9 Å². The average Bonchev–Trinajstić information content (AvgIpc) is 3.38. The molecular weight excluding hydrogens is 495 g/mol. The minimum absolute atomic E-state index is 0.0341. The van der Waals surface area contributed by atoms with Crippen molar-refractivity contribution in [3.63, 3.8) is 0 Å². The molecule has 0 unspecified atom stereocenters. The second-order valence-electron chi connectivity index (χ2n) is 10.7. The van der Waals surface area contributed by atoms with Gasteiger partial charge in [-0.3, -0.25) is 9.59 Å². The van der Waals surface area contributed by atoms with Gasteiger partial charge >= 0.3 is 6.18 Å². The summed E-state index contributed by atoms with van der Waals surface area (Å²) >= 11 is 0.697. The van der Waals surface area contributed by atoms with Crippen LogP contribution in [-0.4, -0.2) is 62.1 Å². The first kappa shape index (κ1) is 27.9. The molecule has 2 aromatic rings. The number of halogens is 3. The first-order valence-corrected chi connectivity index (χ1v) is 12.4. The van der Waals surface area contributed by atoms with Gasteiger partial charge in [-0.1, -0.05) is 0 Å². The molecule has 0 spiro atoms. The molecule has 198 valence electrons. The standard InChI is InChI=1S/C24H32F3N5O3S/c1-13-8-7-9-32(13)21(35)17-18(36-20(29-17)19(34)31-23(5,6)12-33)14-11-28-16(30-22(2,3)4)10-15(14)24(25,26)27/h10-11,13,33H,7-9,12H2,1-6H3,(H,28,30)(H,31,34)/t13-/m0/s1. The summed E-state index contributed by atoms with van der Waals surface area (Å²) in [5.41, 5.74) is -3.05. The molecule has 8 nitrogen and oxygen atoms in total. The van der Waals surface area contributed by atoms with Gasteiger partial charge in [-0.15, -0.1) is 11.3 Å². The number of aromatic nitrogens is 2. The lowest BCUT2D eigenvalue weighted by Gasteiger charge is -2.23. The Kier molecular flexibility index (Phi) is 7.71. The Bertz CT molecular complexity index is 1140. The van der Waals surface area contributed by atoms with Crippen LogP contribution in [0.25, 0.3) is 10.4 Å². The summed E-state index contributed by atoms with van der Waals surface area (Å²) in [7, 11) is 0. The molecule has 2 amide bonds. The van der Waals surface area contributed by atoms with Crippen LogP contribution in [0.3, 0.4) is 0 Å². The first-order chi connectivity index (χ1) is 16.5. The Morgan fingerprint density at radius 3 is 2.42 bits per heavy atom. The average molecular weight is 528 g/mol. The smallest absolute Gasteiger partial charge is 0.394 e. The van der Waals surface area contributed by atoms with E-state index in [4.69, 9.17) is 0 Å². The number of likely N-dealkylation sites (tertiary alicyclic amines) is 1. The number of anilines is 1. The molecule has 1 fully saturated rings. The first-order valence-electron chi connectivity index (χ1n) is 11.6. The number of carbonyl (C=O) groups excluding carboxylic acids is 2. The van der Waals surface area contributed by atoms with Crippen LogP contribution in [-0.2, 0) is 6.18 Å². The highest BCUT2D eigenvalue weighted by molar-refractivity contribution is 7.17. The van der Waals surface area contributed by atoms with Gasteiger partial charge < -0.3 is 20.6 Å². The fourth-order valence-electron chi connectivity index (χ4n) is 3.84. The van der Waals surface area contributed by atoms with Crippen molar-refractivity contribution in [3.8, 4) is 10.4 Å². The van der Waals surface area contributed by atoms with Gasteiger partial charge in [0.05, 0.1) is 22.6 Å². The number of aliphatic hydroxyl groups excluding tert-OH is 1. The zero-order valence-corrected chi connectivity index (χ0v) is 22.0. The van der Waals surface area contributed by atoms with Gasteiger partial charge in [0.25, 0.3) is 11.8 Å². The number of carbonyl (C=O) groups is 2. The van der Waals surface area contributed by atoms with Crippen molar-refractivity contribution in [2.45, 2.75) is 77.7 Å². The number of amides is 2. The van der Waals surface area contributed by atoms with Crippen LogP contribution in [0.5, 0.6) is 0 Å². The Balaban J connectivity index is 2.17. The molecule has 0 radical (unpaired) electrons. The minimum atomic E-state index is -4.75. The highest BCUT2D eigenvalue weighted by atomic mass is 32.1. The summed E-state index contributed by atoms with van der Waals surface area (Å²) in [6.07, 6.45) is -2.15. The zero-order valence-electron chi connectivity index (χ0n) is 21.2. The van der Waals surface area contributed by atoms with E-state index in [0.29, 0.717) is 17.9 Å². The topological polar surface area (TPSA) is 107 Å². The molecule has 3 N–H and O–H groups in total. The summed E-state index contributed by atoms with van der Waals surface area (Å²) in [6.45, 7) is 10.5. The largest absolute Gasteiger partial charge is 0.417 e. The van der Waals surface area contributed by atoms with E-state index in [1.54, 1.807) is 39.5 Å². The van der Waals surface area contributed by atoms with Gasteiger partial charge in [-0.05, 0) is 60.5 Å². The molecule has 1 aliphatic rings. The number of nitrogens with zero attached hydrogens (tertiary/aromatic N) is 3. The molecule has 0 aromatic carbocycles. The molecule has 2 aromatic heterocycles. The van der Waals surface area contributed by atoms with Crippen molar-refractivity contribution >= 4 is 29.0 Å². The Hall–Kier alpha value is -2.73. The molecule has 3 rings (SSSR count). The summed E-state index contributed by atoms with van der Waals surface area (Å²) in [4.78, 5) is 36.2. The van der Waals surface area contributed by atoms with Crippen LogP contribution in [0, 0.1) is 0 Å². The van der Waals surface area contributed by atoms with E-state index in [1.165, 1.54) is 0 Å². The summed E-state index contributed by atoms with van der Waals surface area (Å²) in [5, 5.41) is 14.8. The van der Waals surface area contributed by atoms with E-state index in [-0.39, 0.29) is 39.6 Å². The SMILES string of the molecule is C[C@H]1CCCN1C(=O)c1nc(C(=O)NC(C)(C)CO)sc1-c1cnc(NC(C)(C)C)cc1C(F)(F)F. The maximum atomic E-state index is 14.2. The lowest BCUT2D eigenvalue weighted by atomic mass is 10.0. The monoisotopic (exact) mass is 527 g/mol. The number of hydrogen-bond acceptors (Lipinski definition) is 7. The van der Waals surface area contributed by atoms with Gasteiger partial charge in [-0.25, -0.2) is 9.97 Å². The van der Waals surface area contributed by atoms with Gasteiger partial charge in [0, 0.05) is 29.9 Å². The summed E-state index contributed by atoms with van der Waals surface area (Å²) < 4.78 is 42.6. The van der Waals surface area contributed by atoms with Crippen LogP contribution in [0.2, 0.25) is 0 Å². The number of pyridine rings is 1. The van der Waals surface area contributed by atoms with E-state index >= 15 is 0 Å². The molecule has 0 aliphatic carbocycles. The van der Waals surface area contributed by atoms with Crippen molar-refractivity contribution in [1.29, 1.82) is 0 Å². The van der Waals surface area contributed by atoms with Crippen molar-refractivity contribution in [3.05, 3.63) is 28.5 Å². The van der Waals surface area contributed by atoms with E-state index in [1.807, 2.05) is 6.92 Å². The minimum Gasteiger partial charge on any atom is -0.394 e. The Morgan fingerprint density at radius 2 is 1.89 bits per heavy atom. The van der Waals surface area contributed by atoms with Gasteiger partial charge in [0.2, 0.25) is 0 Å². The maximum absolute atomic E-state index is 14.2. The van der Waals surface area contributed by atoms with Crippen molar-refractivity contribution in [1.82, 2.24) is 20.2 Å². The summed E-state index contributed by atoms with van der Waals surface area (Å²) in [5.74, 6) is -1.19. The number of thiazole rings is 1. The predicted octanol–water partition coefficient (Wildman–Crippen LogP) is 4.56. The molecule has 0 bridgehead atoms. The van der Waals surface area contributed by atoms with Crippen molar-refractivity contribution < 1.29 is 27.9 Å². The second kappa shape index (κ2) is 9.97. The van der Waals surface area contributed by atoms with Crippen molar-refractivity contribution in [2.75, 3.05) is 18.5 Å². The van der Waals surface area contributed by atoms with Gasteiger partial charge in [-0.2, -0.15) is 13.2 Å². The third kappa shape index (κ3) is 6.33. The molecule has 3 heterocycles. The number of nitrogens with one attached hydrogen (secondary N) is 2. The van der Waals surface area contributed by atoms with E-state index in [0.717, 1.165) is 25.1 Å². The molecule has 36 heavy (non-hydrogen) atoms. The van der Waals surface area contributed by atoms with Crippen LogP contribution < -0.4 is 10.6 Å². The van der Waals surface area contributed by atoms with E-state index in [2.05, 4.69) is 20.6 Å². The quantitative estimate of drug-likeness (QED) is 0.509. The molecular formula is C24H32F3N5O3S. The van der Waals surface area contributed by atoms with Gasteiger partial charge in [0.1, 0.15) is 11.5 Å². The van der Waals surface area contributed by atoms with Crippen LogP contribution in [0.15, 0.2) is 12.3 Å². The number of aliphatic hydroxyl groups is 1. The maximum Gasteiger partial charge on any atom is 0.417 e. The second-order valence-corrected chi connectivity index (χ2v) is 11.7. The molecule has 1 saturated heterocycles. The van der Waals surface area contributed by atoms with E-state index < -0.39 is 34.6 Å². The van der Waals surface area contributed by atoms with Crippen LogP contribution in [0.4, 0.5) is 19.0 Å². The molecule has 12 heteroatoms. The van der Waals surface area contributed by atoms with Gasteiger partial charge in [0.15, 0.2) is 5.01 Å². The third-order valence-electron chi connectivity index (χ3n) is 5.64. The Labute approximate surface area is 212 Å².